The number of anilines is 1. The standard InChI is InChI=1S/C14H22N2O3/c1-10(2)14(17)19-9-11-4-5-12(16-3)13(8-11)18-7-6-15/h4-5,8,10,16H,6-7,9,15H2,1-3H3. The Morgan fingerprint density at radius 2 is 2.16 bits per heavy atom. The molecule has 0 amide bonds. The van der Waals surface area contributed by atoms with Gasteiger partial charge in [-0.15, -0.1) is 0 Å². The molecule has 0 aliphatic rings. The van der Waals surface area contributed by atoms with E-state index in [9.17, 15) is 4.79 Å². The second kappa shape index (κ2) is 7.63. The number of nitrogens with two attached hydrogens (primary N) is 1. The van der Waals surface area contributed by atoms with Crippen molar-refractivity contribution in [3.63, 3.8) is 0 Å². The zero-order valence-electron chi connectivity index (χ0n) is 11.7. The van der Waals surface area contributed by atoms with Crippen LogP contribution in [0, 0.1) is 5.92 Å². The number of carbonyl (C=O) groups excluding carboxylic acids is 1. The highest BCUT2D eigenvalue weighted by molar-refractivity contribution is 5.71. The molecule has 0 atom stereocenters. The fourth-order valence-electron chi connectivity index (χ4n) is 1.47. The van der Waals surface area contributed by atoms with E-state index >= 15 is 0 Å². The average Bonchev–Trinajstić information content (AvgIpc) is 2.42. The first-order valence-corrected chi connectivity index (χ1v) is 6.38. The van der Waals surface area contributed by atoms with Gasteiger partial charge in [-0.3, -0.25) is 4.79 Å². The van der Waals surface area contributed by atoms with E-state index in [2.05, 4.69) is 5.32 Å². The Balaban J connectivity index is 2.71. The van der Waals surface area contributed by atoms with E-state index < -0.39 is 0 Å². The first-order valence-electron chi connectivity index (χ1n) is 6.38. The van der Waals surface area contributed by atoms with Crippen molar-refractivity contribution in [2.24, 2.45) is 11.7 Å². The summed E-state index contributed by atoms with van der Waals surface area (Å²) in [4.78, 5) is 11.4. The molecule has 106 valence electrons. The lowest BCUT2D eigenvalue weighted by Gasteiger charge is -2.13. The third-order valence-corrected chi connectivity index (χ3v) is 2.54. The molecule has 0 bridgehead atoms. The van der Waals surface area contributed by atoms with Crippen molar-refractivity contribution in [2.75, 3.05) is 25.5 Å². The molecule has 0 fully saturated rings. The van der Waals surface area contributed by atoms with Crippen LogP contribution in [0.2, 0.25) is 0 Å². The summed E-state index contributed by atoms with van der Waals surface area (Å²) in [5.74, 6) is 0.387. The van der Waals surface area contributed by atoms with Gasteiger partial charge < -0.3 is 20.5 Å². The summed E-state index contributed by atoms with van der Waals surface area (Å²) in [6, 6.07) is 5.65. The largest absolute Gasteiger partial charge is 0.490 e. The van der Waals surface area contributed by atoms with Crippen molar-refractivity contribution >= 4 is 11.7 Å². The van der Waals surface area contributed by atoms with Gasteiger partial charge in [0.15, 0.2) is 0 Å². The SMILES string of the molecule is CNc1ccc(COC(=O)C(C)C)cc1OCCN. The molecule has 0 heterocycles. The molecule has 19 heavy (non-hydrogen) atoms. The van der Waals surface area contributed by atoms with Crippen molar-refractivity contribution in [1.82, 2.24) is 0 Å². The molecule has 1 rings (SSSR count). The number of ether oxygens (including phenoxy) is 2. The van der Waals surface area contributed by atoms with Crippen molar-refractivity contribution in [2.45, 2.75) is 20.5 Å². The van der Waals surface area contributed by atoms with Gasteiger partial charge in [-0.1, -0.05) is 19.9 Å². The molecule has 1 aromatic carbocycles. The molecular formula is C14H22N2O3. The van der Waals surface area contributed by atoms with Crippen LogP contribution in [0.1, 0.15) is 19.4 Å². The van der Waals surface area contributed by atoms with Crippen LogP contribution in [0.15, 0.2) is 18.2 Å². The molecule has 5 heteroatoms. The molecule has 5 nitrogen and oxygen atoms in total. The van der Waals surface area contributed by atoms with Crippen LogP contribution >= 0.6 is 0 Å². The maximum Gasteiger partial charge on any atom is 0.308 e. The van der Waals surface area contributed by atoms with Crippen LogP contribution in [0.25, 0.3) is 0 Å². The van der Waals surface area contributed by atoms with E-state index in [-0.39, 0.29) is 18.5 Å². The molecule has 0 aromatic heterocycles. The second-order valence-corrected chi connectivity index (χ2v) is 4.48. The highest BCUT2D eigenvalue weighted by Gasteiger charge is 2.09. The van der Waals surface area contributed by atoms with E-state index in [0.29, 0.717) is 18.9 Å². The minimum absolute atomic E-state index is 0.121. The molecule has 3 N–H and O–H groups in total. The minimum Gasteiger partial charge on any atom is -0.490 e. The fraction of sp³-hybridized carbons (Fsp3) is 0.500. The lowest BCUT2D eigenvalue weighted by atomic mass is 10.2. The van der Waals surface area contributed by atoms with E-state index in [1.54, 1.807) is 0 Å². The van der Waals surface area contributed by atoms with Gasteiger partial charge in [-0.05, 0) is 17.7 Å². The first kappa shape index (κ1) is 15.3. The summed E-state index contributed by atoms with van der Waals surface area (Å²) in [5, 5.41) is 3.04. The molecule has 0 saturated carbocycles. The predicted octanol–water partition coefficient (Wildman–Crippen LogP) is 1.76. The normalized spacial score (nSPS) is 10.4. The third-order valence-electron chi connectivity index (χ3n) is 2.54. The van der Waals surface area contributed by atoms with Crippen LogP contribution < -0.4 is 15.8 Å². The van der Waals surface area contributed by atoms with Gasteiger partial charge in [-0.2, -0.15) is 0 Å². The number of benzene rings is 1. The lowest BCUT2D eigenvalue weighted by Crippen LogP contribution is -2.13. The maximum atomic E-state index is 11.4. The molecule has 0 aliphatic carbocycles. The van der Waals surface area contributed by atoms with Crippen LogP contribution in [-0.4, -0.2) is 26.2 Å². The maximum absolute atomic E-state index is 11.4. The van der Waals surface area contributed by atoms with Gasteiger partial charge in [0, 0.05) is 13.6 Å². The third kappa shape index (κ3) is 4.79. The Kier molecular flexibility index (Phi) is 6.15. The van der Waals surface area contributed by atoms with Crippen molar-refractivity contribution in [3.05, 3.63) is 23.8 Å². The van der Waals surface area contributed by atoms with E-state index in [4.69, 9.17) is 15.2 Å². The number of nitrogens with one attached hydrogen (secondary N) is 1. The highest BCUT2D eigenvalue weighted by atomic mass is 16.5. The van der Waals surface area contributed by atoms with E-state index in [1.165, 1.54) is 0 Å². The van der Waals surface area contributed by atoms with Crippen LogP contribution in [0.3, 0.4) is 0 Å². The summed E-state index contributed by atoms with van der Waals surface area (Å²) >= 11 is 0. The monoisotopic (exact) mass is 266 g/mol. The van der Waals surface area contributed by atoms with Gasteiger partial charge in [0.25, 0.3) is 0 Å². The van der Waals surface area contributed by atoms with Crippen LogP contribution in [0.4, 0.5) is 5.69 Å². The summed E-state index contributed by atoms with van der Waals surface area (Å²) < 4.78 is 10.7. The summed E-state index contributed by atoms with van der Waals surface area (Å²) in [6.45, 7) is 4.77. The minimum atomic E-state index is -0.206. The van der Waals surface area contributed by atoms with Crippen molar-refractivity contribution in [1.29, 1.82) is 0 Å². The number of carbonyl (C=O) groups is 1. The van der Waals surface area contributed by atoms with Crippen LogP contribution in [0.5, 0.6) is 5.75 Å². The smallest absolute Gasteiger partial charge is 0.308 e. The molecule has 1 aromatic rings. The Bertz CT molecular complexity index is 419. The predicted molar refractivity (Wildman–Crippen MR) is 75.2 cm³/mol. The topological polar surface area (TPSA) is 73.6 Å². The zero-order valence-corrected chi connectivity index (χ0v) is 11.7. The molecule has 0 unspecified atom stereocenters. The number of esters is 1. The quantitative estimate of drug-likeness (QED) is 0.736. The van der Waals surface area contributed by atoms with Gasteiger partial charge in [-0.25, -0.2) is 0 Å². The van der Waals surface area contributed by atoms with Gasteiger partial charge in [0.1, 0.15) is 19.0 Å². The Morgan fingerprint density at radius 1 is 1.42 bits per heavy atom. The molecule has 0 saturated heterocycles. The highest BCUT2D eigenvalue weighted by Crippen LogP contribution is 2.25. The molecular weight excluding hydrogens is 244 g/mol. The van der Waals surface area contributed by atoms with Gasteiger partial charge in [0.05, 0.1) is 11.6 Å². The molecule has 0 radical (unpaired) electrons. The number of hydrogen-bond acceptors (Lipinski definition) is 5. The van der Waals surface area contributed by atoms with Crippen molar-refractivity contribution < 1.29 is 14.3 Å². The van der Waals surface area contributed by atoms with Gasteiger partial charge in [0.2, 0.25) is 0 Å². The number of rotatable bonds is 7. The Labute approximate surface area is 114 Å². The Hall–Kier alpha value is -1.75. The van der Waals surface area contributed by atoms with Crippen LogP contribution in [-0.2, 0) is 16.1 Å². The summed E-state index contributed by atoms with van der Waals surface area (Å²) in [7, 11) is 1.82. The average molecular weight is 266 g/mol. The van der Waals surface area contributed by atoms with Crippen molar-refractivity contribution in [3.8, 4) is 5.75 Å². The lowest BCUT2D eigenvalue weighted by molar-refractivity contribution is -0.148. The fourth-order valence-corrected chi connectivity index (χ4v) is 1.47. The zero-order chi connectivity index (χ0) is 14.3. The van der Waals surface area contributed by atoms with E-state index in [1.807, 2.05) is 39.1 Å². The van der Waals surface area contributed by atoms with Gasteiger partial charge >= 0.3 is 5.97 Å². The number of hydrogen-bond donors (Lipinski definition) is 2. The second-order valence-electron chi connectivity index (χ2n) is 4.48. The molecule has 0 aliphatic heterocycles. The first-order chi connectivity index (χ1) is 9.08. The molecule has 0 spiro atoms. The summed E-state index contributed by atoms with van der Waals surface area (Å²) in [6.07, 6.45) is 0. The summed E-state index contributed by atoms with van der Waals surface area (Å²) in [5.41, 5.74) is 7.19. The Morgan fingerprint density at radius 3 is 2.74 bits per heavy atom. The van der Waals surface area contributed by atoms with E-state index in [0.717, 1.165) is 11.3 Å².